The number of rotatable bonds is 7. The number of likely N-dealkylation sites (tertiary alicyclic amines) is 1. The van der Waals surface area contributed by atoms with Gasteiger partial charge in [-0.15, -0.1) is 11.3 Å². The first-order valence-electron chi connectivity index (χ1n) is 11.4. The summed E-state index contributed by atoms with van der Waals surface area (Å²) in [5.74, 6) is -0.559. The summed E-state index contributed by atoms with van der Waals surface area (Å²) in [5.41, 5.74) is 0.876. The van der Waals surface area contributed by atoms with E-state index in [0.717, 1.165) is 36.0 Å². The molecule has 1 saturated heterocycles. The predicted molar refractivity (Wildman–Crippen MR) is 128 cm³/mol. The number of ether oxygens (including phenoxy) is 1. The molecule has 0 radical (unpaired) electrons. The Kier molecular flexibility index (Phi) is 7.16. The summed E-state index contributed by atoms with van der Waals surface area (Å²) in [5, 5.41) is 10.3. The van der Waals surface area contributed by atoms with Crippen LogP contribution in [0.4, 0.5) is 11.5 Å². The van der Waals surface area contributed by atoms with Gasteiger partial charge in [0.15, 0.2) is 18.9 Å². The van der Waals surface area contributed by atoms with Gasteiger partial charge in [0.2, 0.25) is 0 Å². The number of amides is 2. The first-order chi connectivity index (χ1) is 16.4. The van der Waals surface area contributed by atoms with Crippen molar-refractivity contribution in [2.75, 3.05) is 43.9 Å². The van der Waals surface area contributed by atoms with Gasteiger partial charge in [-0.25, -0.2) is 4.79 Å². The number of methoxy groups -OCH3 is 1. The first-order valence-corrected chi connectivity index (χ1v) is 12.2. The van der Waals surface area contributed by atoms with Gasteiger partial charge in [0.05, 0.1) is 25.9 Å². The summed E-state index contributed by atoms with van der Waals surface area (Å²) in [6.07, 6.45) is 5.87. The monoisotopic (exact) mass is 518 g/mol. The van der Waals surface area contributed by atoms with Gasteiger partial charge in [0, 0.05) is 29.0 Å². The third-order valence-corrected chi connectivity index (χ3v) is 8.23. The van der Waals surface area contributed by atoms with Crippen LogP contribution in [0, 0.1) is 5.41 Å². The lowest BCUT2D eigenvalue weighted by atomic mass is 9.91. The fraction of sp³-hybridized carbons (Fsp3) is 0.417. The Morgan fingerprint density at radius 1 is 1.06 bits per heavy atom. The molecule has 11 heteroatoms. The number of halogens is 1. The minimum absolute atomic E-state index is 0. The number of thiophene rings is 1. The van der Waals surface area contributed by atoms with E-state index in [-0.39, 0.29) is 37.3 Å². The van der Waals surface area contributed by atoms with E-state index in [1.807, 2.05) is 24.3 Å². The van der Waals surface area contributed by atoms with E-state index in [9.17, 15) is 14.4 Å². The molecule has 3 heterocycles. The highest BCUT2D eigenvalue weighted by Crippen LogP contribution is 2.54. The maximum absolute atomic E-state index is 13.3. The summed E-state index contributed by atoms with van der Waals surface area (Å²) >= 11 is 1.29. The van der Waals surface area contributed by atoms with Crippen molar-refractivity contribution in [1.29, 1.82) is 0 Å². The molecule has 2 N–H and O–H groups in total. The third-order valence-electron chi connectivity index (χ3n) is 7.08. The SMILES string of the molecule is COC(=O)c1sc2ccccc2c1NC(=O)C[N+]1(CC(=O)Nc2ccon2)CCC2(CC2)CC1.[Cl-]. The number of esters is 1. The number of nitrogens with one attached hydrogen (secondary N) is 2. The number of anilines is 2. The van der Waals surface area contributed by atoms with E-state index in [4.69, 9.17) is 9.26 Å². The number of carbonyl (C=O) groups is 3. The van der Waals surface area contributed by atoms with Gasteiger partial charge in [0.25, 0.3) is 11.8 Å². The van der Waals surface area contributed by atoms with Crippen LogP contribution in [0.3, 0.4) is 0 Å². The van der Waals surface area contributed by atoms with Gasteiger partial charge >= 0.3 is 5.97 Å². The van der Waals surface area contributed by atoms with Crippen molar-refractivity contribution in [2.24, 2.45) is 5.41 Å². The van der Waals surface area contributed by atoms with Gasteiger partial charge in [-0.2, -0.15) is 0 Å². The molecule has 1 aromatic carbocycles. The first kappa shape index (κ1) is 25.2. The molecule has 0 bridgehead atoms. The van der Waals surface area contributed by atoms with Crippen LogP contribution in [0.15, 0.2) is 41.1 Å². The second-order valence-electron chi connectivity index (χ2n) is 9.38. The van der Waals surface area contributed by atoms with Crippen molar-refractivity contribution in [3.8, 4) is 0 Å². The van der Waals surface area contributed by atoms with Crippen molar-refractivity contribution >= 4 is 50.7 Å². The van der Waals surface area contributed by atoms with Crippen LogP contribution >= 0.6 is 11.3 Å². The standard InChI is InChI=1S/C24H26N4O5S.ClH/c1-32-23(31)22-21(16-4-2-3-5-17(16)34-22)26-20(30)15-28(11-9-24(7-8-24)10-12-28)14-19(29)25-18-6-13-33-27-18;/h2-6,13H,7-12,14-15H2,1H3,(H-,25,26,27,29,30,31);1H. The van der Waals surface area contributed by atoms with Crippen molar-refractivity contribution < 1.29 is 40.5 Å². The summed E-state index contributed by atoms with van der Waals surface area (Å²) in [6, 6.07) is 9.13. The van der Waals surface area contributed by atoms with Gasteiger partial charge in [-0.1, -0.05) is 23.4 Å². The highest BCUT2D eigenvalue weighted by molar-refractivity contribution is 7.21. The van der Waals surface area contributed by atoms with Crippen LogP contribution in [-0.2, 0) is 14.3 Å². The Hall–Kier alpha value is -2.95. The fourth-order valence-corrected chi connectivity index (χ4v) is 5.96. The van der Waals surface area contributed by atoms with Gasteiger partial charge in [0.1, 0.15) is 11.1 Å². The van der Waals surface area contributed by atoms with Crippen molar-refractivity contribution in [2.45, 2.75) is 25.7 Å². The third kappa shape index (κ3) is 5.34. The molecule has 5 rings (SSSR count). The lowest BCUT2D eigenvalue weighted by molar-refractivity contribution is -0.919. The van der Waals surface area contributed by atoms with Gasteiger partial charge in [-0.05, 0) is 24.3 Å². The minimum Gasteiger partial charge on any atom is -1.00 e. The van der Waals surface area contributed by atoms with E-state index >= 15 is 0 Å². The fourth-order valence-electron chi connectivity index (χ4n) is 4.89. The van der Waals surface area contributed by atoms with E-state index < -0.39 is 5.97 Å². The Morgan fingerprint density at radius 3 is 2.37 bits per heavy atom. The van der Waals surface area contributed by atoms with Crippen LogP contribution in [0.5, 0.6) is 0 Å². The molecule has 0 unspecified atom stereocenters. The largest absolute Gasteiger partial charge is 1.00 e. The second-order valence-corrected chi connectivity index (χ2v) is 10.4. The van der Waals surface area contributed by atoms with E-state index in [0.29, 0.717) is 26.3 Å². The number of carbonyl (C=O) groups excluding carboxylic acids is 3. The average Bonchev–Trinajstić information content (AvgIpc) is 3.21. The number of fused-ring (bicyclic) bond motifs is 1. The molecule has 1 aliphatic heterocycles. The number of hydrogen-bond acceptors (Lipinski definition) is 7. The lowest BCUT2D eigenvalue weighted by Gasteiger charge is -2.43. The zero-order valence-corrected chi connectivity index (χ0v) is 20.9. The molecular formula is C24H27ClN4O5S. The molecule has 2 amide bonds. The predicted octanol–water partition coefficient (Wildman–Crippen LogP) is 0.648. The quantitative estimate of drug-likeness (QED) is 0.351. The molecule has 9 nitrogen and oxygen atoms in total. The molecule has 2 aromatic heterocycles. The number of quaternary nitrogens is 1. The molecule has 0 atom stereocenters. The molecule has 3 aromatic rings. The van der Waals surface area contributed by atoms with E-state index in [1.165, 1.54) is 37.6 Å². The molecule has 2 fully saturated rings. The topological polar surface area (TPSA) is 111 Å². The number of nitrogens with zero attached hydrogens (tertiary/aromatic N) is 2. The van der Waals surface area contributed by atoms with Crippen molar-refractivity contribution in [3.05, 3.63) is 41.5 Å². The molecule has 1 saturated carbocycles. The Morgan fingerprint density at radius 2 is 1.74 bits per heavy atom. The highest BCUT2D eigenvalue weighted by atomic mass is 35.5. The summed E-state index contributed by atoms with van der Waals surface area (Å²) in [6.45, 7) is 1.83. The van der Waals surface area contributed by atoms with Crippen LogP contribution in [0.25, 0.3) is 10.1 Å². The summed E-state index contributed by atoms with van der Waals surface area (Å²) in [4.78, 5) is 38.9. The molecule has 1 spiro atoms. The van der Waals surface area contributed by atoms with Crippen LogP contribution in [-0.4, -0.2) is 60.7 Å². The number of piperidine rings is 1. The summed E-state index contributed by atoms with van der Waals surface area (Å²) < 4.78 is 11.0. The van der Waals surface area contributed by atoms with Gasteiger partial charge in [-0.3, -0.25) is 9.59 Å². The maximum atomic E-state index is 13.3. The Labute approximate surface area is 212 Å². The Balaban J connectivity index is 0.00000289. The maximum Gasteiger partial charge on any atom is 0.350 e. The minimum atomic E-state index is -0.485. The number of hydrogen-bond donors (Lipinski definition) is 2. The molecule has 186 valence electrons. The lowest BCUT2D eigenvalue weighted by Crippen LogP contribution is -3.00. The highest BCUT2D eigenvalue weighted by Gasteiger charge is 2.50. The number of benzene rings is 1. The normalized spacial score (nSPS) is 17.4. The number of aromatic nitrogens is 1. The van der Waals surface area contributed by atoms with E-state index in [2.05, 4.69) is 15.8 Å². The molecule has 2 aliphatic rings. The Bertz CT molecular complexity index is 1230. The van der Waals surface area contributed by atoms with Gasteiger partial charge < -0.3 is 36.8 Å². The average molecular weight is 519 g/mol. The second kappa shape index (κ2) is 9.96. The summed E-state index contributed by atoms with van der Waals surface area (Å²) in [7, 11) is 1.33. The van der Waals surface area contributed by atoms with Crippen molar-refractivity contribution in [3.63, 3.8) is 0 Å². The molecule has 35 heavy (non-hydrogen) atoms. The van der Waals surface area contributed by atoms with E-state index in [1.54, 1.807) is 6.07 Å². The van der Waals surface area contributed by atoms with Crippen LogP contribution in [0.1, 0.15) is 35.4 Å². The smallest absolute Gasteiger partial charge is 0.350 e. The zero-order valence-electron chi connectivity index (χ0n) is 19.3. The van der Waals surface area contributed by atoms with Crippen molar-refractivity contribution in [1.82, 2.24) is 5.16 Å². The van der Waals surface area contributed by atoms with Crippen LogP contribution in [0.2, 0.25) is 0 Å². The van der Waals surface area contributed by atoms with Crippen LogP contribution < -0.4 is 23.0 Å². The molecule has 1 aliphatic carbocycles. The molecular weight excluding hydrogens is 492 g/mol. The zero-order chi connectivity index (χ0) is 23.8.